The molecule has 2 rings (SSSR count). The first-order valence-electron chi connectivity index (χ1n) is 5.75. The van der Waals surface area contributed by atoms with Gasteiger partial charge in [0, 0.05) is 27.6 Å². The maximum Gasteiger partial charge on any atom is 0.0897 e. The maximum absolute atomic E-state index is 4.54. The molecule has 0 aliphatic carbocycles. The van der Waals surface area contributed by atoms with E-state index in [1.807, 2.05) is 18.4 Å². The van der Waals surface area contributed by atoms with E-state index in [1.54, 1.807) is 11.3 Å². The van der Waals surface area contributed by atoms with Crippen LogP contribution in [0.25, 0.3) is 0 Å². The van der Waals surface area contributed by atoms with Crippen LogP contribution in [0.1, 0.15) is 32.1 Å². The van der Waals surface area contributed by atoms with Crippen molar-refractivity contribution in [3.8, 4) is 0 Å². The molecule has 1 unspecified atom stereocenters. The molecule has 0 aromatic carbocycles. The average molecular weight is 266 g/mol. The van der Waals surface area contributed by atoms with E-state index in [2.05, 4.69) is 42.5 Å². The van der Waals surface area contributed by atoms with Crippen molar-refractivity contribution < 1.29 is 0 Å². The molecule has 0 aliphatic heterocycles. The Labute approximate surface area is 111 Å². The summed E-state index contributed by atoms with van der Waals surface area (Å²) in [5, 5.41) is 6.70. The van der Waals surface area contributed by atoms with E-state index in [1.165, 1.54) is 21.0 Å². The fraction of sp³-hybridized carbons (Fsp3) is 0.462. The van der Waals surface area contributed by atoms with Crippen molar-refractivity contribution in [2.24, 2.45) is 0 Å². The van der Waals surface area contributed by atoms with E-state index in [0.29, 0.717) is 6.04 Å². The third-order valence-corrected chi connectivity index (χ3v) is 5.05. The maximum atomic E-state index is 4.54. The van der Waals surface area contributed by atoms with Gasteiger partial charge in [0.15, 0.2) is 0 Å². The number of aryl methyl sites for hydroxylation is 3. The molecule has 0 bridgehead atoms. The molecule has 2 aromatic rings. The number of rotatable bonds is 4. The second-order valence-corrected chi connectivity index (χ2v) is 6.64. The third-order valence-electron chi connectivity index (χ3n) is 2.96. The minimum atomic E-state index is 0.383. The molecule has 0 aliphatic rings. The first-order chi connectivity index (χ1) is 8.10. The van der Waals surface area contributed by atoms with E-state index in [4.69, 9.17) is 0 Å². The van der Waals surface area contributed by atoms with Crippen LogP contribution in [0.3, 0.4) is 0 Å². The molecule has 2 nitrogen and oxygen atoms in total. The number of hydrogen-bond donors (Lipinski definition) is 1. The molecule has 0 spiro atoms. The fourth-order valence-electron chi connectivity index (χ4n) is 1.83. The highest BCUT2D eigenvalue weighted by atomic mass is 32.1. The second kappa shape index (κ2) is 5.29. The Hall–Kier alpha value is -0.710. The smallest absolute Gasteiger partial charge is 0.0897 e. The van der Waals surface area contributed by atoms with Gasteiger partial charge in [0.2, 0.25) is 0 Å². The fourth-order valence-corrected chi connectivity index (χ4v) is 3.61. The number of hydrogen-bond acceptors (Lipinski definition) is 4. The summed E-state index contributed by atoms with van der Waals surface area (Å²) in [6, 6.07) is 2.68. The van der Waals surface area contributed by atoms with E-state index in [-0.39, 0.29) is 0 Å². The second-order valence-electron chi connectivity index (χ2n) is 4.29. The first-order valence-corrected chi connectivity index (χ1v) is 7.45. The Morgan fingerprint density at radius 2 is 2.12 bits per heavy atom. The summed E-state index contributed by atoms with van der Waals surface area (Å²) in [7, 11) is 2.02. The van der Waals surface area contributed by atoms with Crippen molar-refractivity contribution in [2.75, 3.05) is 7.05 Å². The van der Waals surface area contributed by atoms with E-state index in [9.17, 15) is 0 Å². The van der Waals surface area contributed by atoms with Gasteiger partial charge in [0.05, 0.1) is 10.7 Å². The first kappa shape index (κ1) is 12.7. The zero-order valence-corrected chi connectivity index (χ0v) is 12.3. The molecule has 0 amide bonds. The molecule has 0 saturated carbocycles. The third kappa shape index (κ3) is 2.94. The van der Waals surface area contributed by atoms with Crippen LogP contribution < -0.4 is 5.32 Å². The Kier molecular flexibility index (Phi) is 3.97. The number of nitrogens with one attached hydrogen (secondary N) is 1. The zero-order valence-electron chi connectivity index (χ0n) is 10.7. The normalized spacial score (nSPS) is 12.9. The van der Waals surface area contributed by atoms with Gasteiger partial charge in [-0.3, -0.25) is 0 Å². The van der Waals surface area contributed by atoms with Gasteiger partial charge >= 0.3 is 0 Å². The van der Waals surface area contributed by atoms with Crippen molar-refractivity contribution >= 4 is 22.7 Å². The molecule has 2 aromatic heterocycles. The Morgan fingerprint density at radius 1 is 1.35 bits per heavy atom. The minimum absolute atomic E-state index is 0.383. The highest BCUT2D eigenvalue weighted by molar-refractivity contribution is 7.12. The number of thiazole rings is 1. The molecule has 17 heavy (non-hydrogen) atoms. The van der Waals surface area contributed by atoms with Gasteiger partial charge < -0.3 is 5.32 Å². The minimum Gasteiger partial charge on any atom is -0.312 e. The Morgan fingerprint density at radius 3 is 2.59 bits per heavy atom. The zero-order chi connectivity index (χ0) is 12.4. The van der Waals surface area contributed by atoms with Crippen LogP contribution >= 0.6 is 22.7 Å². The molecular formula is C13H18N2S2. The molecule has 2 heterocycles. The van der Waals surface area contributed by atoms with Gasteiger partial charge in [-0.15, -0.1) is 22.7 Å². The topological polar surface area (TPSA) is 24.9 Å². The van der Waals surface area contributed by atoms with Crippen molar-refractivity contribution in [3.05, 3.63) is 37.5 Å². The lowest BCUT2D eigenvalue weighted by Crippen LogP contribution is -2.17. The molecule has 4 heteroatoms. The van der Waals surface area contributed by atoms with E-state index >= 15 is 0 Å². The van der Waals surface area contributed by atoms with E-state index in [0.717, 1.165) is 11.4 Å². The molecule has 0 radical (unpaired) electrons. The number of nitrogens with zero attached hydrogens (tertiary/aromatic N) is 1. The lowest BCUT2D eigenvalue weighted by molar-refractivity contribution is 0.595. The summed E-state index contributed by atoms with van der Waals surface area (Å²) in [5.74, 6) is 0. The van der Waals surface area contributed by atoms with Crippen LogP contribution in [-0.4, -0.2) is 12.0 Å². The molecule has 0 fully saturated rings. The molecule has 1 N–H and O–H groups in total. The summed E-state index contributed by atoms with van der Waals surface area (Å²) in [6.07, 6.45) is 0.972. The SMILES string of the molecule is CNC(Cc1csc(C)n1)c1cc(C)c(C)s1. The van der Waals surface area contributed by atoms with Gasteiger partial charge in [-0.2, -0.15) is 0 Å². The van der Waals surface area contributed by atoms with Gasteiger partial charge in [0.1, 0.15) is 0 Å². The summed E-state index contributed by atoms with van der Waals surface area (Å²) in [4.78, 5) is 7.36. The number of thiophene rings is 1. The van der Waals surface area contributed by atoms with Crippen LogP contribution in [0, 0.1) is 20.8 Å². The van der Waals surface area contributed by atoms with Crippen molar-refractivity contribution in [1.82, 2.24) is 10.3 Å². The van der Waals surface area contributed by atoms with Crippen LogP contribution in [0.15, 0.2) is 11.4 Å². The van der Waals surface area contributed by atoms with Gasteiger partial charge in [0.25, 0.3) is 0 Å². The molecular weight excluding hydrogens is 248 g/mol. The molecule has 0 saturated heterocycles. The Balaban J connectivity index is 2.16. The number of likely N-dealkylation sites (N-methyl/N-ethyl adjacent to an activating group) is 1. The monoisotopic (exact) mass is 266 g/mol. The molecule has 92 valence electrons. The lowest BCUT2D eigenvalue weighted by Gasteiger charge is -2.12. The van der Waals surface area contributed by atoms with Gasteiger partial charge in [-0.05, 0) is 39.4 Å². The van der Waals surface area contributed by atoms with Crippen LogP contribution in [0.2, 0.25) is 0 Å². The van der Waals surface area contributed by atoms with E-state index < -0.39 is 0 Å². The Bertz CT molecular complexity index is 480. The van der Waals surface area contributed by atoms with Gasteiger partial charge in [-0.25, -0.2) is 4.98 Å². The van der Waals surface area contributed by atoms with Crippen molar-refractivity contribution in [3.63, 3.8) is 0 Å². The highest BCUT2D eigenvalue weighted by Gasteiger charge is 2.14. The highest BCUT2D eigenvalue weighted by Crippen LogP contribution is 2.28. The van der Waals surface area contributed by atoms with Crippen molar-refractivity contribution in [2.45, 2.75) is 33.2 Å². The summed E-state index contributed by atoms with van der Waals surface area (Å²) < 4.78 is 0. The van der Waals surface area contributed by atoms with Gasteiger partial charge in [-0.1, -0.05) is 0 Å². The van der Waals surface area contributed by atoms with Crippen LogP contribution in [-0.2, 0) is 6.42 Å². The lowest BCUT2D eigenvalue weighted by atomic mass is 10.1. The number of aromatic nitrogens is 1. The summed E-state index contributed by atoms with van der Waals surface area (Å²) in [6.45, 7) is 6.42. The quantitative estimate of drug-likeness (QED) is 0.914. The molecule has 1 atom stereocenters. The van der Waals surface area contributed by atoms with Crippen LogP contribution in [0.4, 0.5) is 0 Å². The summed E-state index contributed by atoms with van der Waals surface area (Å²) >= 11 is 3.61. The summed E-state index contributed by atoms with van der Waals surface area (Å²) in [5.41, 5.74) is 2.58. The average Bonchev–Trinajstić information content (AvgIpc) is 2.83. The van der Waals surface area contributed by atoms with Crippen LogP contribution in [0.5, 0.6) is 0 Å². The largest absolute Gasteiger partial charge is 0.312 e. The predicted octanol–water partition coefficient (Wildman–Crippen LogP) is 3.63. The van der Waals surface area contributed by atoms with Crippen molar-refractivity contribution in [1.29, 1.82) is 0 Å². The predicted molar refractivity (Wildman–Crippen MR) is 76.1 cm³/mol. The standard InChI is InChI=1S/C13H18N2S2/c1-8-5-13(17-9(8)2)12(14-4)6-11-7-16-10(3)15-11/h5,7,12,14H,6H2,1-4H3.